The summed E-state index contributed by atoms with van der Waals surface area (Å²) < 4.78 is 0. The first-order chi connectivity index (χ1) is 8.83. The second-order valence-electron chi connectivity index (χ2n) is 5.88. The summed E-state index contributed by atoms with van der Waals surface area (Å²) in [5, 5.41) is 3.91. The normalized spacial score (nSPS) is 31.9. The zero-order chi connectivity index (χ0) is 12.4. The van der Waals surface area contributed by atoms with Crippen LogP contribution in [0, 0.1) is 5.92 Å². The number of hydrogen-bond acceptors (Lipinski definition) is 2. The number of rotatable bonds is 2. The van der Waals surface area contributed by atoms with Gasteiger partial charge in [-0.2, -0.15) is 0 Å². The lowest BCUT2D eigenvalue weighted by Gasteiger charge is -2.22. The summed E-state index contributed by atoms with van der Waals surface area (Å²) in [6.45, 7) is 2.41. The average Bonchev–Trinajstić information content (AvgIpc) is 2.67. The predicted octanol–water partition coefficient (Wildman–Crippen LogP) is 4.39. The van der Waals surface area contributed by atoms with Crippen LogP contribution in [0.5, 0.6) is 0 Å². The first-order valence-corrected chi connectivity index (χ1v) is 8.29. The van der Waals surface area contributed by atoms with E-state index in [2.05, 4.69) is 36.5 Å². The van der Waals surface area contributed by atoms with Gasteiger partial charge in [0.1, 0.15) is 0 Å². The van der Waals surface area contributed by atoms with Gasteiger partial charge in [0.05, 0.1) is 0 Å². The minimum atomic E-state index is 0.588. The Morgan fingerprint density at radius 1 is 1.11 bits per heavy atom. The molecule has 0 saturated heterocycles. The van der Waals surface area contributed by atoms with E-state index in [0.717, 1.165) is 12.0 Å². The minimum absolute atomic E-state index is 0.588. The van der Waals surface area contributed by atoms with Gasteiger partial charge in [-0.05, 0) is 36.8 Å². The maximum absolute atomic E-state index is 3.91. The molecule has 1 fully saturated rings. The zero-order valence-electron chi connectivity index (χ0n) is 11.2. The summed E-state index contributed by atoms with van der Waals surface area (Å²) in [7, 11) is 0. The van der Waals surface area contributed by atoms with Crippen LogP contribution in [0.3, 0.4) is 0 Å². The standard InChI is InChI=1S/C16H23NS/c1-12-5-4-6-13(10-9-12)17-15-11-18-16-8-3-2-7-14(15)16/h2-3,7-8,12-13,15,17H,4-6,9-11H2,1H3. The molecule has 18 heavy (non-hydrogen) atoms. The van der Waals surface area contributed by atoms with Crippen LogP contribution >= 0.6 is 11.8 Å². The van der Waals surface area contributed by atoms with E-state index in [1.807, 2.05) is 11.8 Å². The highest BCUT2D eigenvalue weighted by molar-refractivity contribution is 7.99. The fraction of sp³-hybridized carbons (Fsp3) is 0.625. The molecule has 1 aromatic carbocycles. The molecule has 1 nitrogen and oxygen atoms in total. The van der Waals surface area contributed by atoms with Crippen LogP contribution in [-0.2, 0) is 0 Å². The van der Waals surface area contributed by atoms with E-state index in [0.29, 0.717) is 6.04 Å². The van der Waals surface area contributed by atoms with Crippen molar-refractivity contribution in [3.05, 3.63) is 29.8 Å². The molecule has 0 spiro atoms. The van der Waals surface area contributed by atoms with E-state index >= 15 is 0 Å². The first kappa shape index (κ1) is 12.6. The molecule has 1 heterocycles. The molecule has 3 unspecified atom stereocenters. The van der Waals surface area contributed by atoms with Gasteiger partial charge in [-0.15, -0.1) is 11.8 Å². The van der Waals surface area contributed by atoms with Crippen LogP contribution in [0.2, 0.25) is 0 Å². The quantitative estimate of drug-likeness (QED) is 0.792. The van der Waals surface area contributed by atoms with Gasteiger partial charge in [0, 0.05) is 22.7 Å². The molecule has 0 radical (unpaired) electrons. The van der Waals surface area contributed by atoms with Crippen molar-refractivity contribution in [3.8, 4) is 0 Å². The second kappa shape index (κ2) is 5.66. The third kappa shape index (κ3) is 2.75. The Bertz CT molecular complexity index is 404. The highest BCUT2D eigenvalue weighted by Crippen LogP contribution is 2.38. The van der Waals surface area contributed by atoms with Crippen LogP contribution in [0.25, 0.3) is 0 Å². The van der Waals surface area contributed by atoms with Crippen LogP contribution in [-0.4, -0.2) is 11.8 Å². The molecule has 1 aliphatic carbocycles. The van der Waals surface area contributed by atoms with Crippen LogP contribution in [0.1, 0.15) is 50.6 Å². The Morgan fingerprint density at radius 3 is 2.94 bits per heavy atom. The maximum atomic E-state index is 3.91. The summed E-state index contributed by atoms with van der Waals surface area (Å²) in [6, 6.07) is 10.2. The SMILES string of the molecule is CC1CCCC(NC2CSc3ccccc32)CC1. The molecule has 1 aromatic rings. The molecule has 2 heteroatoms. The van der Waals surface area contributed by atoms with Gasteiger partial charge in [-0.25, -0.2) is 0 Å². The summed E-state index contributed by atoms with van der Waals surface area (Å²) >= 11 is 2.01. The Morgan fingerprint density at radius 2 is 2.00 bits per heavy atom. The molecule has 0 bridgehead atoms. The Labute approximate surface area is 115 Å². The Balaban J connectivity index is 1.64. The Hall–Kier alpha value is -0.470. The summed E-state index contributed by atoms with van der Waals surface area (Å²) in [5.74, 6) is 2.15. The van der Waals surface area contributed by atoms with Crippen LogP contribution in [0.15, 0.2) is 29.2 Å². The van der Waals surface area contributed by atoms with E-state index in [9.17, 15) is 0 Å². The summed E-state index contributed by atoms with van der Waals surface area (Å²) in [6.07, 6.45) is 6.96. The molecular formula is C16H23NS. The fourth-order valence-corrected chi connectivity index (χ4v) is 4.41. The zero-order valence-corrected chi connectivity index (χ0v) is 12.0. The van der Waals surface area contributed by atoms with Crippen LogP contribution < -0.4 is 5.32 Å². The van der Waals surface area contributed by atoms with Crippen molar-refractivity contribution in [2.75, 3.05) is 5.75 Å². The predicted molar refractivity (Wildman–Crippen MR) is 79.1 cm³/mol. The average molecular weight is 261 g/mol. The molecule has 1 saturated carbocycles. The number of benzene rings is 1. The van der Waals surface area contributed by atoms with Gasteiger partial charge < -0.3 is 5.32 Å². The number of fused-ring (bicyclic) bond motifs is 1. The lowest BCUT2D eigenvalue weighted by Crippen LogP contribution is -2.32. The molecule has 3 atom stereocenters. The van der Waals surface area contributed by atoms with Gasteiger partial charge >= 0.3 is 0 Å². The van der Waals surface area contributed by atoms with Crippen molar-refractivity contribution in [3.63, 3.8) is 0 Å². The minimum Gasteiger partial charge on any atom is -0.306 e. The Kier molecular flexibility index (Phi) is 3.95. The van der Waals surface area contributed by atoms with E-state index in [1.54, 1.807) is 0 Å². The largest absolute Gasteiger partial charge is 0.306 e. The van der Waals surface area contributed by atoms with Crippen LogP contribution in [0.4, 0.5) is 0 Å². The van der Waals surface area contributed by atoms with Gasteiger partial charge in [0.15, 0.2) is 0 Å². The molecule has 2 aliphatic rings. The molecular weight excluding hydrogens is 238 g/mol. The molecule has 0 amide bonds. The second-order valence-corrected chi connectivity index (χ2v) is 6.94. The van der Waals surface area contributed by atoms with Crippen molar-refractivity contribution in [1.29, 1.82) is 0 Å². The van der Waals surface area contributed by atoms with E-state index in [-0.39, 0.29) is 0 Å². The molecule has 1 N–H and O–H groups in total. The van der Waals surface area contributed by atoms with Gasteiger partial charge in [0.2, 0.25) is 0 Å². The molecule has 98 valence electrons. The number of thioether (sulfide) groups is 1. The topological polar surface area (TPSA) is 12.0 Å². The van der Waals surface area contributed by atoms with E-state index in [4.69, 9.17) is 0 Å². The number of hydrogen-bond donors (Lipinski definition) is 1. The number of nitrogens with one attached hydrogen (secondary N) is 1. The monoisotopic (exact) mass is 261 g/mol. The van der Waals surface area contributed by atoms with Crippen molar-refractivity contribution < 1.29 is 0 Å². The maximum Gasteiger partial charge on any atom is 0.0428 e. The lowest BCUT2D eigenvalue weighted by molar-refractivity contribution is 0.411. The summed E-state index contributed by atoms with van der Waals surface area (Å²) in [4.78, 5) is 1.48. The highest BCUT2D eigenvalue weighted by Gasteiger charge is 2.25. The van der Waals surface area contributed by atoms with Crippen molar-refractivity contribution in [2.24, 2.45) is 5.92 Å². The molecule has 3 rings (SSSR count). The van der Waals surface area contributed by atoms with Gasteiger partial charge in [-0.3, -0.25) is 0 Å². The fourth-order valence-electron chi connectivity index (χ4n) is 3.24. The van der Waals surface area contributed by atoms with Gasteiger partial charge in [-0.1, -0.05) is 38.0 Å². The first-order valence-electron chi connectivity index (χ1n) is 7.30. The molecule has 1 aliphatic heterocycles. The van der Waals surface area contributed by atoms with Crippen molar-refractivity contribution in [1.82, 2.24) is 5.32 Å². The molecule has 0 aromatic heterocycles. The third-order valence-corrected chi connectivity index (χ3v) is 5.58. The van der Waals surface area contributed by atoms with Gasteiger partial charge in [0.25, 0.3) is 0 Å². The van der Waals surface area contributed by atoms with E-state index in [1.165, 1.54) is 48.3 Å². The summed E-state index contributed by atoms with van der Waals surface area (Å²) in [5.41, 5.74) is 1.53. The lowest BCUT2D eigenvalue weighted by atomic mass is 10.0. The highest BCUT2D eigenvalue weighted by atomic mass is 32.2. The van der Waals surface area contributed by atoms with E-state index < -0.39 is 0 Å². The smallest absolute Gasteiger partial charge is 0.0428 e. The van der Waals surface area contributed by atoms with Crippen molar-refractivity contribution in [2.45, 2.75) is 56.0 Å². The van der Waals surface area contributed by atoms with Crippen molar-refractivity contribution >= 4 is 11.8 Å². The third-order valence-electron chi connectivity index (χ3n) is 4.39.